The van der Waals surface area contributed by atoms with Crippen molar-refractivity contribution in [1.29, 1.82) is 0 Å². The van der Waals surface area contributed by atoms with Gasteiger partial charge in [0.1, 0.15) is 5.82 Å². The van der Waals surface area contributed by atoms with E-state index in [0.29, 0.717) is 12.4 Å². The molecule has 1 aliphatic carbocycles. The molecule has 16 heavy (non-hydrogen) atoms. The predicted molar refractivity (Wildman–Crippen MR) is 63.1 cm³/mol. The summed E-state index contributed by atoms with van der Waals surface area (Å²) >= 11 is 0. The van der Waals surface area contributed by atoms with Crippen LogP contribution in [0, 0.1) is 6.92 Å². The number of nitrogens with two attached hydrogens (primary N) is 1. The average molecular weight is 222 g/mol. The summed E-state index contributed by atoms with van der Waals surface area (Å²) in [6.45, 7) is 2.40. The van der Waals surface area contributed by atoms with E-state index in [9.17, 15) is 5.11 Å². The second-order valence-corrected chi connectivity index (χ2v) is 4.54. The van der Waals surface area contributed by atoms with E-state index in [2.05, 4.69) is 15.3 Å². The maximum atomic E-state index is 10.2. The van der Waals surface area contributed by atoms with E-state index >= 15 is 0 Å². The van der Waals surface area contributed by atoms with Gasteiger partial charge in [0.2, 0.25) is 5.95 Å². The molecule has 88 valence electrons. The quantitative estimate of drug-likeness (QED) is 0.712. The molecule has 4 N–H and O–H groups in total. The third-order valence-electron chi connectivity index (χ3n) is 3.00. The fourth-order valence-electron chi connectivity index (χ4n) is 2.15. The third-order valence-corrected chi connectivity index (χ3v) is 3.00. The minimum Gasteiger partial charge on any atom is -0.388 e. The van der Waals surface area contributed by atoms with Crippen molar-refractivity contribution in [3.05, 3.63) is 11.8 Å². The van der Waals surface area contributed by atoms with Crippen LogP contribution < -0.4 is 11.1 Å². The summed E-state index contributed by atoms with van der Waals surface area (Å²) in [6.07, 6.45) is 3.92. The molecule has 0 unspecified atom stereocenters. The van der Waals surface area contributed by atoms with Crippen molar-refractivity contribution in [2.75, 3.05) is 17.6 Å². The molecule has 1 aromatic rings. The Kier molecular flexibility index (Phi) is 2.96. The average Bonchev–Trinajstić information content (AvgIpc) is 2.62. The van der Waals surface area contributed by atoms with E-state index < -0.39 is 5.60 Å². The second-order valence-electron chi connectivity index (χ2n) is 4.54. The molecule has 0 atom stereocenters. The number of nitrogen functional groups attached to an aromatic ring is 1. The Labute approximate surface area is 95.1 Å². The van der Waals surface area contributed by atoms with Gasteiger partial charge in [0.25, 0.3) is 0 Å². The third kappa shape index (κ3) is 2.61. The van der Waals surface area contributed by atoms with Crippen LogP contribution >= 0.6 is 0 Å². The molecule has 1 fully saturated rings. The molecule has 2 rings (SSSR count). The monoisotopic (exact) mass is 222 g/mol. The number of hydrogen-bond acceptors (Lipinski definition) is 5. The van der Waals surface area contributed by atoms with Crippen LogP contribution in [0.15, 0.2) is 6.07 Å². The van der Waals surface area contributed by atoms with E-state index in [4.69, 9.17) is 5.73 Å². The van der Waals surface area contributed by atoms with Crippen LogP contribution in [0.25, 0.3) is 0 Å². The lowest BCUT2D eigenvalue weighted by atomic mass is 10.0. The van der Waals surface area contributed by atoms with Crippen molar-refractivity contribution in [2.45, 2.75) is 38.2 Å². The minimum absolute atomic E-state index is 0.265. The molecule has 1 aromatic heterocycles. The zero-order chi connectivity index (χ0) is 11.6. The van der Waals surface area contributed by atoms with Gasteiger partial charge in [0.15, 0.2) is 0 Å². The van der Waals surface area contributed by atoms with Gasteiger partial charge in [-0.2, -0.15) is 4.98 Å². The predicted octanol–water partition coefficient (Wildman–Crippen LogP) is 1.08. The Bertz CT molecular complexity index is 354. The number of rotatable bonds is 3. The Hall–Kier alpha value is -1.36. The van der Waals surface area contributed by atoms with Crippen molar-refractivity contribution in [3.63, 3.8) is 0 Å². The first-order chi connectivity index (χ1) is 7.57. The molecule has 0 aromatic carbocycles. The van der Waals surface area contributed by atoms with Crippen molar-refractivity contribution in [2.24, 2.45) is 0 Å². The van der Waals surface area contributed by atoms with Crippen LogP contribution in [-0.2, 0) is 0 Å². The number of nitrogens with one attached hydrogen (secondary N) is 1. The Morgan fingerprint density at radius 2 is 2.12 bits per heavy atom. The number of aryl methyl sites for hydroxylation is 1. The van der Waals surface area contributed by atoms with Gasteiger partial charge in [0, 0.05) is 18.3 Å². The summed E-state index contributed by atoms with van der Waals surface area (Å²) < 4.78 is 0. The SMILES string of the molecule is Cc1cc(NCC2(O)CCCC2)nc(N)n1. The van der Waals surface area contributed by atoms with Gasteiger partial charge in [-0.1, -0.05) is 12.8 Å². The molecule has 0 bridgehead atoms. The van der Waals surface area contributed by atoms with Gasteiger partial charge < -0.3 is 16.2 Å². The van der Waals surface area contributed by atoms with Gasteiger partial charge >= 0.3 is 0 Å². The minimum atomic E-state index is -0.576. The first kappa shape index (κ1) is 11.1. The zero-order valence-corrected chi connectivity index (χ0v) is 9.53. The van der Waals surface area contributed by atoms with Crippen molar-refractivity contribution >= 4 is 11.8 Å². The fraction of sp³-hybridized carbons (Fsp3) is 0.636. The topological polar surface area (TPSA) is 84.1 Å². The largest absolute Gasteiger partial charge is 0.388 e. The number of nitrogens with zero attached hydrogens (tertiary/aromatic N) is 2. The highest BCUT2D eigenvalue weighted by atomic mass is 16.3. The van der Waals surface area contributed by atoms with Gasteiger partial charge in [0.05, 0.1) is 5.60 Å². The molecule has 1 heterocycles. The Morgan fingerprint density at radius 3 is 2.75 bits per heavy atom. The smallest absolute Gasteiger partial charge is 0.222 e. The van der Waals surface area contributed by atoms with Gasteiger partial charge in [-0.3, -0.25) is 0 Å². The van der Waals surface area contributed by atoms with Crippen molar-refractivity contribution in [1.82, 2.24) is 9.97 Å². The Balaban J connectivity index is 1.98. The standard InChI is InChI=1S/C11H18N4O/c1-8-6-9(15-10(12)14-8)13-7-11(16)4-2-3-5-11/h6,16H,2-5,7H2,1H3,(H3,12,13,14,15). The summed E-state index contributed by atoms with van der Waals surface area (Å²) in [7, 11) is 0. The highest BCUT2D eigenvalue weighted by Crippen LogP contribution is 2.29. The summed E-state index contributed by atoms with van der Waals surface area (Å²) in [5.41, 5.74) is 5.80. The maximum absolute atomic E-state index is 10.2. The molecular formula is C11H18N4O. The van der Waals surface area contributed by atoms with Gasteiger partial charge in [-0.05, 0) is 19.8 Å². The molecule has 5 nitrogen and oxygen atoms in total. The van der Waals surface area contributed by atoms with E-state index in [1.807, 2.05) is 13.0 Å². The van der Waals surface area contributed by atoms with Crippen LogP contribution in [0.5, 0.6) is 0 Å². The highest BCUT2D eigenvalue weighted by molar-refractivity contribution is 5.40. The number of hydrogen-bond donors (Lipinski definition) is 3. The number of aliphatic hydroxyl groups is 1. The zero-order valence-electron chi connectivity index (χ0n) is 9.53. The lowest BCUT2D eigenvalue weighted by Gasteiger charge is -2.22. The van der Waals surface area contributed by atoms with E-state index in [-0.39, 0.29) is 5.95 Å². The van der Waals surface area contributed by atoms with E-state index in [1.54, 1.807) is 0 Å². The Morgan fingerprint density at radius 1 is 1.44 bits per heavy atom. The molecule has 0 amide bonds. The normalized spacial score (nSPS) is 18.6. The van der Waals surface area contributed by atoms with E-state index in [0.717, 1.165) is 31.4 Å². The lowest BCUT2D eigenvalue weighted by Crippen LogP contribution is -2.33. The molecule has 0 spiro atoms. The summed E-state index contributed by atoms with van der Waals surface area (Å²) in [5.74, 6) is 0.950. The first-order valence-electron chi connectivity index (χ1n) is 5.65. The van der Waals surface area contributed by atoms with Crippen LogP contribution in [-0.4, -0.2) is 27.2 Å². The molecule has 0 saturated heterocycles. The van der Waals surface area contributed by atoms with Crippen molar-refractivity contribution in [3.8, 4) is 0 Å². The van der Waals surface area contributed by atoms with Crippen LogP contribution in [0.1, 0.15) is 31.4 Å². The van der Waals surface area contributed by atoms with Crippen LogP contribution in [0.3, 0.4) is 0 Å². The van der Waals surface area contributed by atoms with Crippen LogP contribution in [0.4, 0.5) is 11.8 Å². The molecule has 0 radical (unpaired) electrons. The molecule has 1 saturated carbocycles. The number of anilines is 2. The molecule has 0 aliphatic heterocycles. The number of aromatic nitrogens is 2. The highest BCUT2D eigenvalue weighted by Gasteiger charge is 2.30. The maximum Gasteiger partial charge on any atom is 0.222 e. The van der Waals surface area contributed by atoms with Gasteiger partial charge in [-0.25, -0.2) is 4.98 Å². The summed E-state index contributed by atoms with van der Waals surface area (Å²) in [5, 5.41) is 13.3. The first-order valence-corrected chi connectivity index (χ1v) is 5.65. The summed E-state index contributed by atoms with van der Waals surface area (Å²) in [4.78, 5) is 8.07. The molecule has 1 aliphatic rings. The molecule has 5 heteroatoms. The molecular weight excluding hydrogens is 204 g/mol. The van der Waals surface area contributed by atoms with Crippen molar-refractivity contribution < 1.29 is 5.11 Å². The summed E-state index contributed by atoms with van der Waals surface area (Å²) in [6, 6.07) is 1.83. The van der Waals surface area contributed by atoms with E-state index in [1.165, 1.54) is 0 Å². The van der Waals surface area contributed by atoms with Gasteiger partial charge in [-0.15, -0.1) is 0 Å². The second kappa shape index (κ2) is 4.25. The lowest BCUT2D eigenvalue weighted by molar-refractivity contribution is 0.0614. The fourth-order valence-corrected chi connectivity index (χ4v) is 2.15. The van der Waals surface area contributed by atoms with Crippen LogP contribution in [0.2, 0.25) is 0 Å².